The fraction of sp³-hybridized carbons (Fsp3) is 1.00. The standard InChI is InChI=1S/C10H24N2O3S/c1-5-10(4,8-9-13)11-16(14,15)12(6-2)7-3/h11,13H,5-9H2,1-4H3. The van der Waals surface area contributed by atoms with E-state index in [9.17, 15) is 8.42 Å². The molecule has 0 heterocycles. The number of aliphatic hydroxyl groups is 1. The van der Waals surface area contributed by atoms with Crippen molar-refractivity contribution in [2.45, 2.75) is 46.1 Å². The molecule has 0 spiro atoms. The van der Waals surface area contributed by atoms with E-state index in [1.165, 1.54) is 4.31 Å². The molecule has 1 unspecified atom stereocenters. The van der Waals surface area contributed by atoms with E-state index in [1.807, 2.05) is 13.8 Å². The summed E-state index contributed by atoms with van der Waals surface area (Å²) in [5, 5.41) is 8.93. The van der Waals surface area contributed by atoms with E-state index in [1.54, 1.807) is 13.8 Å². The number of aliphatic hydroxyl groups excluding tert-OH is 1. The average Bonchev–Trinajstić information content (AvgIpc) is 2.18. The molecule has 0 aliphatic carbocycles. The molecule has 0 aromatic heterocycles. The highest BCUT2D eigenvalue weighted by Crippen LogP contribution is 2.16. The maximum absolute atomic E-state index is 12.0. The Kier molecular flexibility index (Phi) is 6.47. The minimum absolute atomic E-state index is 0.0227. The van der Waals surface area contributed by atoms with Crippen LogP contribution in [-0.4, -0.2) is 43.1 Å². The molecule has 0 aromatic rings. The monoisotopic (exact) mass is 252 g/mol. The van der Waals surface area contributed by atoms with Crippen LogP contribution in [0, 0.1) is 0 Å². The zero-order chi connectivity index (χ0) is 12.8. The Labute approximate surface area is 99.0 Å². The summed E-state index contributed by atoms with van der Waals surface area (Å²) < 4.78 is 28.0. The Morgan fingerprint density at radius 1 is 1.25 bits per heavy atom. The molecular weight excluding hydrogens is 228 g/mol. The molecule has 6 heteroatoms. The van der Waals surface area contributed by atoms with E-state index in [2.05, 4.69) is 4.72 Å². The van der Waals surface area contributed by atoms with Crippen LogP contribution in [0.15, 0.2) is 0 Å². The Hall–Kier alpha value is -0.170. The van der Waals surface area contributed by atoms with Gasteiger partial charge in [-0.3, -0.25) is 0 Å². The van der Waals surface area contributed by atoms with Crippen LogP contribution in [0.1, 0.15) is 40.5 Å². The first kappa shape index (κ1) is 15.8. The van der Waals surface area contributed by atoms with Crippen molar-refractivity contribution in [3.05, 3.63) is 0 Å². The molecule has 0 aliphatic heterocycles. The maximum Gasteiger partial charge on any atom is 0.279 e. The summed E-state index contributed by atoms with van der Waals surface area (Å²) in [5.41, 5.74) is -0.573. The molecule has 98 valence electrons. The molecule has 5 nitrogen and oxygen atoms in total. The third-order valence-corrected chi connectivity index (χ3v) is 4.81. The predicted octanol–water partition coefficient (Wildman–Crippen LogP) is 0.714. The van der Waals surface area contributed by atoms with Crippen molar-refractivity contribution in [3.63, 3.8) is 0 Å². The van der Waals surface area contributed by atoms with Crippen LogP contribution in [0.25, 0.3) is 0 Å². The lowest BCUT2D eigenvalue weighted by molar-refractivity contribution is 0.231. The zero-order valence-corrected chi connectivity index (χ0v) is 11.5. The summed E-state index contributed by atoms with van der Waals surface area (Å²) in [6.07, 6.45) is 1.07. The van der Waals surface area contributed by atoms with Crippen molar-refractivity contribution >= 4 is 10.2 Å². The smallest absolute Gasteiger partial charge is 0.279 e. The van der Waals surface area contributed by atoms with Crippen LogP contribution in [0.5, 0.6) is 0 Å². The molecule has 0 radical (unpaired) electrons. The van der Waals surface area contributed by atoms with Crippen LogP contribution >= 0.6 is 0 Å². The molecule has 0 bridgehead atoms. The van der Waals surface area contributed by atoms with Gasteiger partial charge in [0.2, 0.25) is 0 Å². The molecule has 0 saturated carbocycles. The first-order chi connectivity index (χ1) is 7.35. The van der Waals surface area contributed by atoms with Gasteiger partial charge < -0.3 is 5.11 Å². The lowest BCUT2D eigenvalue weighted by Crippen LogP contribution is -2.52. The highest BCUT2D eigenvalue weighted by molar-refractivity contribution is 7.87. The van der Waals surface area contributed by atoms with Crippen molar-refractivity contribution in [2.24, 2.45) is 0 Å². The SMILES string of the molecule is CCN(CC)S(=O)(=O)NC(C)(CC)CCO. The number of nitrogens with zero attached hydrogens (tertiary/aromatic N) is 1. The van der Waals surface area contributed by atoms with Gasteiger partial charge in [-0.1, -0.05) is 20.8 Å². The number of hydrogen-bond donors (Lipinski definition) is 2. The van der Waals surface area contributed by atoms with Crippen LogP contribution in [0.3, 0.4) is 0 Å². The predicted molar refractivity (Wildman–Crippen MR) is 65.4 cm³/mol. The summed E-state index contributed by atoms with van der Waals surface area (Å²) in [5.74, 6) is 0. The van der Waals surface area contributed by atoms with Crippen LogP contribution < -0.4 is 4.72 Å². The molecule has 16 heavy (non-hydrogen) atoms. The molecule has 0 aliphatic rings. The van der Waals surface area contributed by atoms with Gasteiger partial charge in [0.1, 0.15) is 0 Å². The van der Waals surface area contributed by atoms with Gasteiger partial charge in [0.05, 0.1) is 0 Å². The van der Waals surface area contributed by atoms with Gasteiger partial charge >= 0.3 is 0 Å². The Morgan fingerprint density at radius 3 is 2.06 bits per heavy atom. The summed E-state index contributed by atoms with van der Waals surface area (Å²) in [7, 11) is -3.44. The van der Waals surface area contributed by atoms with Gasteiger partial charge in [0.15, 0.2) is 0 Å². The van der Waals surface area contributed by atoms with E-state index in [0.29, 0.717) is 25.9 Å². The topological polar surface area (TPSA) is 69.6 Å². The molecule has 2 N–H and O–H groups in total. The second-order valence-corrected chi connectivity index (χ2v) is 5.75. The van der Waals surface area contributed by atoms with E-state index in [-0.39, 0.29) is 6.61 Å². The van der Waals surface area contributed by atoms with Gasteiger partial charge in [-0.25, -0.2) is 0 Å². The van der Waals surface area contributed by atoms with E-state index in [0.717, 1.165) is 0 Å². The molecule has 0 saturated heterocycles. The van der Waals surface area contributed by atoms with Gasteiger partial charge in [-0.05, 0) is 19.8 Å². The van der Waals surface area contributed by atoms with Crippen LogP contribution in [0.2, 0.25) is 0 Å². The first-order valence-electron chi connectivity index (χ1n) is 5.75. The van der Waals surface area contributed by atoms with E-state index >= 15 is 0 Å². The van der Waals surface area contributed by atoms with Crippen molar-refractivity contribution < 1.29 is 13.5 Å². The fourth-order valence-electron chi connectivity index (χ4n) is 1.49. The largest absolute Gasteiger partial charge is 0.396 e. The summed E-state index contributed by atoms with van der Waals surface area (Å²) in [4.78, 5) is 0. The molecule has 0 rings (SSSR count). The van der Waals surface area contributed by atoms with Crippen molar-refractivity contribution in [2.75, 3.05) is 19.7 Å². The summed E-state index contributed by atoms with van der Waals surface area (Å²) in [6, 6.07) is 0. The second kappa shape index (κ2) is 6.54. The highest BCUT2D eigenvalue weighted by atomic mass is 32.2. The van der Waals surface area contributed by atoms with Crippen molar-refractivity contribution in [1.29, 1.82) is 0 Å². The third kappa shape index (κ3) is 4.37. The normalized spacial score (nSPS) is 16.4. The fourth-order valence-corrected chi connectivity index (χ4v) is 3.16. The van der Waals surface area contributed by atoms with Gasteiger partial charge in [-0.2, -0.15) is 17.4 Å². The maximum atomic E-state index is 12.0. The lowest BCUT2D eigenvalue weighted by atomic mass is 9.97. The highest BCUT2D eigenvalue weighted by Gasteiger charge is 2.30. The molecule has 0 amide bonds. The third-order valence-electron chi connectivity index (χ3n) is 2.86. The second-order valence-electron chi connectivity index (χ2n) is 4.08. The first-order valence-corrected chi connectivity index (χ1v) is 7.19. The Bertz CT molecular complexity index is 288. The Balaban J connectivity index is 4.79. The van der Waals surface area contributed by atoms with Crippen LogP contribution in [0.4, 0.5) is 0 Å². The lowest BCUT2D eigenvalue weighted by Gasteiger charge is -2.31. The average molecular weight is 252 g/mol. The van der Waals surface area contributed by atoms with Gasteiger partial charge in [-0.15, -0.1) is 0 Å². The number of hydrogen-bond acceptors (Lipinski definition) is 3. The Morgan fingerprint density at radius 2 is 1.75 bits per heavy atom. The van der Waals surface area contributed by atoms with E-state index < -0.39 is 15.7 Å². The molecule has 0 aromatic carbocycles. The molecule has 0 fully saturated rings. The minimum Gasteiger partial charge on any atom is -0.396 e. The van der Waals surface area contributed by atoms with Crippen molar-refractivity contribution in [3.8, 4) is 0 Å². The molecule has 1 atom stereocenters. The van der Waals surface area contributed by atoms with Crippen molar-refractivity contribution in [1.82, 2.24) is 9.03 Å². The summed E-state index contributed by atoms with van der Waals surface area (Å²) >= 11 is 0. The van der Waals surface area contributed by atoms with Gasteiger partial charge in [0.25, 0.3) is 10.2 Å². The van der Waals surface area contributed by atoms with Gasteiger partial charge in [0, 0.05) is 25.2 Å². The summed E-state index contributed by atoms with van der Waals surface area (Å²) in [6.45, 7) is 8.20. The quantitative estimate of drug-likeness (QED) is 0.668. The zero-order valence-electron chi connectivity index (χ0n) is 10.7. The molecular formula is C10H24N2O3S. The number of nitrogens with one attached hydrogen (secondary N) is 1. The van der Waals surface area contributed by atoms with Crippen LogP contribution in [-0.2, 0) is 10.2 Å². The van der Waals surface area contributed by atoms with E-state index in [4.69, 9.17) is 5.11 Å². The number of rotatable bonds is 8. The minimum atomic E-state index is -3.44.